The Morgan fingerprint density at radius 2 is 2.16 bits per heavy atom. The van der Waals surface area contributed by atoms with Gasteiger partial charge in [0.1, 0.15) is 11.6 Å². The van der Waals surface area contributed by atoms with Crippen molar-refractivity contribution in [3.8, 4) is 5.75 Å². The molecule has 1 aliphatic heterocycles. The Bertz CT molecular complexity index is 559. The number of methoxy groups -OCH3 is 1. The molecule has 3 rings (SSSR count). The van der Waals surface area contributed by atoms with Gasteiger partial charge < -0.3 is 10.1 Å². The molecule has 0 aliphatic carbocycles. The van der Waals surface area contributed by atoms with Crippen LogP contribution in [-0.4, -0.2) is 23.4 Å². The maximum Gasteiger partial charge on any atom is 0.125 e. The Kier molecular flexibility index (Phi) is 3.15. The van der Waals surface area contributed by atoms with Crippen molar-refractivity contribution in [1.29, 1.82) is 0 Å². The second-order valence-electron chi connectivity index (χ2n) is 4.82. The predicted molar refractivity (Wildman–Crippen MR) is 75.8 cm³/mol. The van der Waals surface area contributed by atoms with Gasteiger partial charge in [0, 0.05) is 12.6 Å². The lowest BCUT2D eigenvalue weighted by molar-refractivity contribution is 0.413. The van der Waals surface area contributed by atoms with Crippen LogP contribution in [-0.2, 0) is 6.42 Å². The number of anilines is 1. The summed E-state index contributed by atoms with van der Waals surface area (Å²) in [6.45, 7) is 3.13. The molecule has 1 N–H and O–H groups in total. The van der Waals surface area contributed by atoms with E-state index in [2.05, 4.69) is 35.1 Å². The first-order valence-corrected chi connectivity index (χ1v) is 6.78. The van der Waals surface area contributed by atoms with Crippen LogP contribution >= 0.6 is 0 Å². The molecule has 2 heterocycles. The highest BCUT2D eigenvalue weighted by atomic mass is 16.5. The van der Waals surface area contributed by atoms with Gasteiger partial charge >= 0.3 is 0 Å². The molecule has 100 valence electrons. The highest BCUT2D eigenvalue weighted by Crippen LogP contribution is 2.30. The summed E-state index contributed by atoms with van der Waals surface area (Å²) >= 11 is 0. The molecular weight excluding hydrogens is 238 g/mol. The second-order valence-corrected chi connectivity index (χ2v) is 4.82. The van der Waals surface area contributed by atoms with Crippen LogP contribution in [0.2, 0.25) is 0 Å². The third-order valence-electron chi connectivity index (χ3n) is 3.67. The lowest BCUT2D eigenvalue weighted by atomic mass is 10.0. The number of nitrogens with zero attached hydrogens (tertiary/aromatic N) is 2. The first-order valence-electron chi connectivity index (χ1n) is 6.78. The smallest absolute Gasteiger partial charge is 0.125 e. The van der Waals surface area contributed by atoms with Crippen molar-refractivity contribution in [2.24, 2.45) is 0 Å². The molecule has 19 heavy (non-hydrogen) atoms. The molecule has 0 fully saturated rings. The molecule has 0 saturated heterocycles. The SMILES string of the molecule is CCc1cc2n(n1)C(c1ccc(OC)cc1)CCN2. The standard InChI is InChI=1S/C15H19N3O/c1-3-12-10-15-16-9-8-14(18(15)17-12)11-4-6-13(19-2)7-5-11/h4-7,10,14,16H,3,8-9H2,1-2H3. The van der Waals surface area contributed by atoms with E-state index >= 15 is 0 Å². The molecule has 1 aromatic heterocycles. The molecule has 1 unspecified atom stereocenters. The molecule has 0 radical (unpaired) electrons. The minimum absolute atomic E-state index is 0.322. The average molecular weight is 257 g/mol. The van der Waals surface area contributed by atoms with Crippen LogP contribution in [0.1, 0.15) is 30.6 Å². The normalized spacial score (nSPS) is 17.7. The van der Waals surface area contributed by atoms with Gasteiger partial charge in [-0.1, -0.05) is 19.1 Å². The van der Waals surface area contributed by atoms with Gasteiger partial charge in [-0.2, -0.15) is 5.10 Å². The quantitative estimate of drug-likeness (QED) is 0.919. The van der Waals surface area contributed by atoms with Gasteiger partial charge in [0.2, 0.25) is 0 Å². The zero-order chi connectivity index (χ0) is 13.2. The summed E-state index contributed by atoms with van der Waals surface area (Å²) in [5.74, 6) is 2.02. The van der Waals surface area contributed by atoms with Crippen LogP contribution in [0.5, 0.6) is 5.75 Å². The fraction of sp³-hybridized carbons (Fsp3) is 0.400. The summed E-state index contributed by atoms with van der Waals surface area (Å²) in [6, 6.07) is 10.8. The molecule has 0 spiro atoms. The number of rotatable bonds is 3. The van der Waals surface area contributed by atoms with E-state index in [0.717, 1.165) is 36.6 Å². The Morgan fingerprint density at radius 3 is 2.84 bits per heavy atom. The van der Waals surface area contributed by atoms with Crippen molar-refractivity contribution in [2.75, 3.05) is 19.0 Å². The molecule has 0 saturated carbocycles. The Hall–Kier alpha value is -1.97. The van der Waals surface area contributed by atoms with Crippen LogP contribution in [0.4, 0.5) is 5.82 Å². The number of nitrogens with one attached hydrogen (secondary N) is 1. The maximum absolute atomic E-state index is 5.21. The van der Waals surface area contributed by atoms with Gasteiger partial charge in [0.25, 0.3) is 0 Å². The maximum atomic E-state index is 5.21. The van der Waals surface area contributed by atoms with Gasteiger partial charge in [0.05, 0.1) is 18.8 Å². The van der Waals surface area contributed by atoms with Crippen molar-refractivity contribution in [3.63, 3.8) is 0 Å². The van der Waals surface area contributed by atoms with Gasteiger partial charge in [0.15, 0.2) is 0 Å². The summed E-state index contributed by atoms with van der Waals surface area (Å²) < 4.78 is 7.33. The number of ether oxygens (including phenoxy) is 1. The third kappa shape index (κ3) is 2.18. The van der Waals surface area contributed by atoms with Crippen molar-refractivity contribution in [2.45, 2.75) is 25.8 Å². The number of hydrogen-bond donors (Lipinski definition) is 1. The molecular formula is C15H19N3O. The summed E-state index contributed by atoms with van der Waals surface area (Å²) in [5, 5.41) is 8.11. The molecule has 4 nitrogen and oxygen atoms in total. The van der Waals surface area contributed by atoms with Gasteiger partial charge in [-0.3, -0.25) is 0 Å². The van der Waals surface area contributed by atoms with Crippen molar-refractivity contribution in [3.05, 3.63) is 41.6 Å². The van der Waals surface area contributed by atoms with Gasteiger partial charge in [-0.25, -0.2) is 4.68 Å². The monoisotopic (exact) mass is 257 g/mol. The first-order chi connectivity index (χ1) is 9.31. The Morgan fingerprint density at radius 1 is 1.37 bits per heavy atom. The van der Waals surface area contributed by atoms with E-state index in [1.807, 2.05) is 12.1 Å². The van der Waals surface area contributed by atoms with Crippen molar-refractivity contribution >= 4 is 5.82 Å². The zero-order valence-corrected chi connectivity index (χ0v) is 11.4. The molecule has 0 bridgehead atoms. The van der Waals surface area contributed by atoms with Gasteiger partial charge in [-0.05, 0) is 30.5 Å². The van der Waals surface area contributed by atoms with Crippen LogP contribution in [0.3, 0.4) is 0 Å². The number of aryl methyl sites for hydroxylation is 1. The topological polar surface area (TPSA) is 39.1 Å². The van der Waals surface area contributed by atoms with E-state index in [4.69, 9.17) is 9.84 Å². The molecule has 0 amide bonds. The summed E-state index contributed by atoms with van der Waals surface area (Å²) in [7, 11) is 1.69. The van der Waals surface area contributed by atoms with Crippen LogP contribution < -0.4 is 10.1 Å². The van der Waals surface area contributed by atoms with Gasteiger partial charge in [-0.15, -0.1) is 0 Å². The summed E-state index contributed by atoms with van der Waals surface area (Å²) in [5.41, 5.74) is 2.43. The van der Waals surface area contributed by atoms with Crippen LogP contribution in [0.25, 0.3) is 0 Å². The van der Waals surface area contributed by atoms with Crippen LogP contribution in [0, 0.1) is 0 Å². The van der Waals surface area contributed by atoms with E-state index in [1.54, 1.807) is 7.11 Å². The zero-order valence-electron chi connectivity index (χ0n) is 11.4. The molecule has 2 aromatic rings. The minimum Gasteiger partial charge on any atom is -0.497 e. The van der Waals surface area contributed by atoms with Crippen LogP contribution in [0.15, 0.2) is 30.3 Å². The van der Waals surface area contributed by atoms with E-state index < -0.39 is 0 Å². The molecule has 1 atom stereocenters. The largest absolute Gasteiger partial charge is 0.497 e. The summed E-state index contributed by atoms with van der Waals surface area (Å²) in [6.07, 6.45) is 2.03. The molecule has 1 aromatic carbocycles. The number of benzene rings is 1. The second kappa shape index (κ2) is 4.96. The number of aromatic nitrogens is 2. The first kappa shape index (κ1) is 12.1. The fourth-order valence-corrected chi connectivity index (χ4v) is 2.58. The highest BCUT2D eigenvalue weighted by molar-refractivity contribution is 5.42. The van der Waals surface area contributed by atoms with E-state index in [9.17, 15) is 0 Å². The lowest BCUT2D eigenvalue weighted by Crippen LogP contribution is -2.24. The summed E-state index contributed by atoms with van der Waals surface area (Å²) in [4.78, 5) is 0. The van der Waals surface area contributed by atoms with E-state index in [0.29, 0.717) is 6.04 Å². The number of hydrogen-bond acceptors (Lipinski definition) is 3. The predicted octanol–water partition coefficient (Wildman–Crippen LogP) is 2.86. The molecule has 1 aliphatic rings. The minimum atomic E-state index is 0.322. The van der Waals surface area contributed by atoms with E-state index in [1.165, 1.54) is 5.56 Å². The fourth-order valence-electron chi connectivity index (χ4n) is 2.58. The highest BCUT2D eigenvalue weighted by Gasteiger charge is 2.22. The Labute approximate surface area is 113 Å². The third-order valence-corrected chi connectivity index (χ3v) is 3.67. The lowest BCUT2D eigenvalue weighted by Gasteiger charge is -2.26. The van der Waals surface area contributed by atoms with E-state index in [-0.39, 0.29) is 0 Å². The number of fused-ring (bicyclic) bond motifs is 1. The Balaban J connectivity index is 1.95. The molecule has 4 heteroatoms. The van der Waals surface area contributed by atoms with Crippen molar-refractivity contribution in [1.82, 2.24) is 9.78 Å². The average Bonchev–Trinajstić information content (AvgIpc) is 2.90. The van der Waals surface area contributed by atoms with Crippen molar-refractivity contribution < 1.29 is 4.74 Å².